The van der Waals surface area contributed by atoms with E-state index in [0.29, 0.717) is 10.2 Å². The number of hydrogen-bond donors (Lipinski definition) is 1. The lowest BCUT2D eigenvalue weighted by atomic mass is 10.1. The van der Waals surface area contributed by atoms with Crippen molar-refractivity contribution in [3.8, 4) is 0 Å². The summed E-state index contributed by atoms with van der Waals surface area (Å²) in [5, 5.41) is 9.34. The van der Waals surface area contributed by atoms with Crippen LogP contribution >= 0.6 is 15.9 Å². The number of rotatable bonds is 2. The van der Waals surface area contributed by atoms with Gasteiger partial charge in [-0.3, -0.25) is 4.90 Å². The first-order valence-electron chi connectivity index (χ1n) is 5.47. The minimum absolute atomic E-state index is 0.0844. The van der Waals surface area contributed by atoms with Crippen LogP contribution in [0.25, 0.3) is 0 Å². The summed E-state index contributed by atoms with van der Waals surface area (Å²) in [6.07, 6.45) is -0.0544. The Hall–Kier alpha value is -1.08. The second-order valence-corrected chi connectivity index (χ2v) is 8.04. The highest BCUT2D eigenvalue weighted by Crippen LogP contribution is 2.33. The summed E-state index contributed by atoms with van der Waals surface area (Å²) in [7, 11) is -3.39. The molecule has 0 aromatic heterocycles. The second kappa shape index (κ2) is 5.13. The zero-order chi connectivity index (χ0) is 15.0. The maximum absolute atomic E-state index is 11.6. The Balaban J connectivity index is 3.52. The molecule has 0 aliphatic carbocycles. The molecule has 0 aliphatic rings. The molecule has 0 aliphatic heterocycles. The molecule has 0 radical (unpaired) electrons. The van der Waals surface area contributed by atoms with Crippen LogP contribution in [-0.2, 0) is 9.84 Å². The highest BCUT2D eigenvalue weighted by atomic mass is 79.9. The van der Waals surface area contributed by atoms with E-state index in [2.05, 4.69) is 15.9 Å². The Kier molecular flexibility index (Phi) is 4.31. The van der Waals surface area contributed by atoms with Crippen molar-refractivity contribution in [2.75, 3.05) is 11.2 Å². The number of halogens is 1. The molecule has 0 fully saturated rings. The van der Waals surface area contributed by atoms with Crippen molar-refractivity contribution >= 4 is 37.5 Å². The van der Waals surface area contributed by atoms with Crippen LogP contribution < -0.4 is 4.90 Å². The van der Waals surface area contributed by atoms with Gasteiger partial charge >= 0.3 is 6.09 Å². The van der Waals surface area contributed by atoms with Crippen molar-refractivity contribution in [2.45, 2.75) is 31.2 Å². The molecule has 1 rings (SSSR count). The fourth-order valence-electron chi connectivity index (χ4n) is 1.65. The van der Waals surface area contributed by atoms with Gasteiger partial charge in [0.05, 0.1) is 10.6 Å². The van der Waals surface area contributed by atoms with Crippen molar-refractivity contribution in [2.24, 2.45) is 0 Å². The Labute approximate surface area is 121 Å². The van der Waals surface area contributed by atoms with E-state index < -0.39 is 21.5 Å². The van der Waals surface area contributed by atoms with E-state index in [1.54, 1.807) is 20.8 Å². The maximum atomic E-state index is 11.6. The summed E-state index contributed by atoms with van der Waals surface area (Å²) in [6.45, 7) is 5.21. The number of amides is 1. The lowest BCUT2D eigenvalue weighted by Gasteiger charge is -2.34. The number of benzene rings is 1. The summed E-state index contributed by atoms with van der Waals surface area (Å²) in [5.74, 6) is 0. The lowest BCUT2D eigenvalue weighted by Crippen LogP contribution is -2.45. The van der Waals surface area contributed by atoms with Crippen molar-refractivity contribution in [1.29, 1.82) is 0 Å². The van der Waals surface area contributed by atoms with Gasteiger partial charge in [0.2, 0.25) is 0 Å². The average Bonchev–Trinajstić information content (AvgIpc) is 2.16. The first-order valence-corrected chi connectivity index (χ1v) is 8.16. The molecular formula is C12H16BrNO4S. The van der Waals surface area contributed by atoms with Crippen molar-refractivity contribution in [3.05, 3.63) is 22.7 Å². The number of sulfone groups is 1. The van der Waals surface area contributed by atoms with E-state index in [1.165, 1.54) is 18.2 Å². The fraction of sp³-hybridized carbons (Fsp3) is 0.417. The van der Waals surface area contributed by atoms with Gasteiger partial charge in [0.25, 0.3) is 0 Å². The van der Waals surface area contributed by atoms with Gasteiger partial charge in [0.1, 0.15) is 0 Å². The molecule has 19 heavy (non-hydrogen) atoms. The third-order valence-electron chi connectivity index (χ3n) is 2.45. The molecule has 106 valence electrons. The van der Waals surface area contributed by atoms with Gasteiger partial charge in [-0.05, 0) is 54.9 Å². The zero-order valence-electron chi connectivity index (χ0n) is 11.1. The van der Waals surface area contributed by atoms with Crippen LogP contribution in [0.2, 0.25) is 0 Å². The van der Waals surface area contributed by atoms with Gasteiger partial charge < -0.3 is 5.11 Å². The van der Waals surface area contributed by atoms with Crippen LogP contribution in [0.4, 0.5) is 10.5 Å². The van der Waals surface area contributed by atoms with Crippen molar-refractivity contribution < 1.29 is 18.3 Å². The third kappa shape index (κ3) is 3.70. The predicted octanol–water partition coefficient (Wildman–Crippen LogP) is 3.14. The van der Waals surface area contributed by atoms with E-state index >= 15 is 0 Å². The van der Waals surface area contributed by atoms with Gasteiger partial charge in [-0.15, -0.1) is 0 Å². The zero-order valence-corrected chi connectivity index (χ0v) is 13.5. The first-order chi connectivity index (χ1) is 8.44. The fourth-order valence-corrected chi connectivity index (χ4v) is 2.71. The summed E-state index contributed by atoms with van der Waals surface area (Å²) in [4.78, 5) is 12.6. The Morgan fingerprint density at radius 3 is 2.21 bits per heavy atom. The molecule has 0 saturated carbocycles. The van der Waals surface area contributed by atoms with Gasteiger partial charge in [-0.25, -0.2) is 13.2 Å². The summed E-state index contributed by atoms with van der Waals surface area (Å²) >= 11 is 3.26. The Morgan fingerprint density at radius 2 is 1.84 bits per heavy atom. The summed E-state index contributed by atoms with van der Waals surface area (Å²) in [5.41, 5.74) is -0.382. The minimum atomic E-state index is -3.39. The number of carbonyl (C=O) groups is 1. The Bertz CT molecular complexity index is 605. The SMILES string of the molecule is CC(C)(C)N(C(=O)O)c1cc(S(C)(=O)=O)ccc1Br. The molecule has 0 atom stereocenters. The normalized spacial score (nSPS) is 12.3. The van der Waals surface area contributed by atoms with E-state index in [1.807, 2.05) is 0 Å². The number of carboxylic acid groups (broad SMARTS) is 1. The molecule has 7 heteroatoms. The molecule has 0 heterocycles. The van der Waals surface area contributed by atoms with Gasteiger partial charge in [0, 0.05) is 16.3 Å². The van der Waals surface area contributed by atoms with Crippen LogP contribution in [0, 0.1) is 0 Å². The molecule has 0 saturated heterocycles. The average molecular weight is 350 g/mol. The quantitative estimate of drug-likeness (QED) is 0.889. The van der Waals surface area contributed by atoms with Crippen LogP contribution in [0.5, 0.6) is 0 Å². The summed E-state index contributed by atoms with van der Waals surface area (Å²) in [6, 6.07) is 4.33. The molecule has 1 N–H and O–H groups in total. The van der Waals surface area contributed by atoms with E-state index in [4.69, 9.17) is 0 Å². The van der Waals surface area contributed by atoms with Gasteiger partial charge in [-0.2, -0.15) is 0 Å². The highest BCUT2D eigenvalue weighted by Gasteiger charge is 2.30. The molecule has 0 spiro atoms. The minimum Gasteiger partial charge on any atom is -0.465 e. The first kappa shape index (κ1) is 16.0. The molecule has 5 nitrogen and oxygen atoms in total. The Morgan fingerprint density at radius 1 is 1.32 bits per heavy atom. The standard InChI is InChI=1S/C12H16BrNO4S/c1-12(2,3)14(11(15)16)10-7-8(19(4,17)18)5-6-9(10)13/h5-7H,1-4H3,(H,15,16). The molecule has 1 aromatic carbocycles. The smallest absolute Gasteiger partial charge is 0.412 e. The van der Waals surface area contributed by atoms with Crippen LogP contribution in [0.15, 0.2) is 27.6 Å². The van der Waals surface area contributed by atoms with E-state index in [-0.39, 0.29) is 4.90 Å². The topological polar surface area (TPSA) is 74.7 Å². The molecule has 0 unspecified atom stereocenters. The highest BCUT2D eigenvalue weighted by molar-refractivity contribution is 9.10. The van der Waals surface area contributed by atoms with Crippen molar-refractivity contribution in [1.82, 2.24) is 0 Å². The lowest BCUT2D eigenvalue weighted by molar-refractivity contribution is 0.195. The predicted molar refractivity (Wildman–Crippen MR) is 77.5 cm³/mol. The molecule has 0 bridgehead atoms. The van der Waals surface area contributed by atoms with Crippen molar-refractivity contribution in [3.63, 3.8) is 0 Å². The monoisotopic (exact) mass is 349 g/mol. The van der Waals surface area contributed by atoms with Crippen LogP contribution in [-0.4, -0.2) is 31.4 Å². The van der Waals surface area contributed by atoms with Crippen LogP contribution in [0.1, 0.15) is 20.8 Å². The van der Waals surface area contributed by atoms with Gasteiger partial charge in [-0.1, -0.05) is 0 Å². The summed E-state index contributed by atoms with van der Waals surface area (Å²) < 4.78 is 23.6. The largest absolute Gasteiger partial charge is 0.465 e. The van der Waals surface area contributed by atoms with Crippen LogP contribution in [0.3, 0.4) is 0 Å². The molecule has 1 amide bonds. The van der Waals surface area contributed by atoms with E-state index in [9.17, 15) is 18.3 Å². The number of nitrogens with zero attached hydrogens (tertiary/aromatic N) is 1. The molecular weight excluding hydrogens is 334 g/mol. The second-order valence-electron chi connectivity index (χ2n) is 5.17. The molecule has 1 aromatic rings. The number of anilines is 1. The maximum Gasteiger partial charge on any atom is 0.412 e. The number of hydrogen-bond acceptors (Lipinski definition) is 3. The third-order valence-corrected chi connectivity index (χ3v) is 4.23. The van der Waals surface area contributed by atoms with Gasteiger partial charge in [0.15, 0.2) is 9.84 Å². The van der Waals surface area contributed by atoms with E-state index in [0.717, 1.165) is 11.2 Å².